The highest BCUT2D eigenvalue weighted by Gasteiger charge is 2.05. The molecule has 1 rings (SSSR count). The van der Waals surface area contributed by atoms with E-state index in [9.17, 15) is 4.79 Å². The maximum absolute atomic E-state index is 11.0. The molecule has 0 radical (unpaired) electrons. The van der Waals surface area contributed by atoms with Crippen LogP contribution in [-0.4, -0.2) is 7.11 Å². The van der Waals surface area contributed by atoms with Crippen LogP contribution < -0.4 is 10.4 Å². The van der Waals surface area contributed by atoms with E-state index in [-0.39, 0.29) is 0 Å². The highest BCUT2D eigenvalue weighted by Crippen LogP contribution is 2.19. The standard InChI is InChI=1S/C10H12O3/c1-4-5-8-7(2)9(12-3)6-10(11)13-8/h4-6H,1-3H3/b5-4-. The quantitative estimate of drug-likeness (QED) is 0.698. The highest BCUT2D eigenvalue weighted by atomic mass is 16.5. The lowest BCUT2D eigenvalue weighted by Crippen LogP contribution is -2.02. The Morgan fingerprint density at radius 1 is 1.54 bits per heavy atom. The van der Waals surface area contributed by atoms with Crippen LogP contribution in [0.3, 0.4) is 0 Å². The number of rotatable bonds is 2. The van der Waals surface area contributed by atoms with Crippen molar-refractivity contribution in [1.82, 2.24) is 0 Å². The minimum absolute atomic E-state index is 0.393. The Kier molecular flexibility index (Phi) is 2.90. The van der Waals surface area contributed by atoms with Gasteiger partial charge in [-0.1, -0.05) is 6.08 Å². The van der Waals surface area contributed by atoms with Gasteiger partial charge in [0.25, 0.3) is 0 Å². The third-order valence-electron chi connectivity index (χ3n) is 1.74. The van der Waals surface area contributed by atoms with Gasteiger partial charge >= 0.3 is 5.63 Å². The second-order valence-corrected chi connectivity index (χ2v) is 2.62. The summed E-state index contributed by atoms with van der Waals surface area (Å²) in [7, 11) is 1.53. The van der Waals surface area contributed by atoms with Gasteiger partial charge in [0.1, 0.15) is 11.5 Å². The van der Waals surface area contributed by atoms with E-state index in [1.54, 1.807) is 6.08 Å². The second-order valence-electron chi connectivity index (χ2n) is 2.62. The summed E-state index contributed by atoms with van der Waals surface area (Å²) < 4.78 is 9.99. The Morgan fingerprint density at radius 2 is 2.23 bits per heavy atom. The van der Waals surface area contributed by atoms with E-state index >= 15 is 0 Å². The fourth-order valence-electron chi connectivity index (χ4n) is 1.07. The second kappa shape index (κ2) is 3.94. The van der Waals surface area contributed by atoms with Crippen LogP contribution in [0, 0.1) is 6.92 Å². The molecule has 1 heterocycles. The molecule has 0 N–H and O–H groups in total. The van der Waals surface area contributed by atoms with E-state index in [0.717, 1.165) is 5.56 Å². The number of hydrogen-bond donors (Lipinski definition) is 0. The molecule has 0 spiro atoms. The molecule has 13 heavy (non-hydrogen) atoms. The first-order chi connectivity index (χ1) is 6.19. The molecule has 3 heteroatoms. The smallest absolute Gasteiger partial charge is 0.339 e. The first-order valence-electron chi connectivity index (χ1n) is 4.00. The largest absolute Gasteiger partial charge is 0.496 e. The monoisotopic (exact) mass is 180 g/mol. The van der Waals surface area contributed by atoms with Crippen molar-refractivity contribution in [3.63, 3.8) is 0 Å². The highest BCUT2D eigenvalue weighted by molar-refractivity contribution is 5.50. The maximum atomic E-state index is 11.0. The fraction of sp³-hybridized carbons (Fsp3) is 0.300. The van der Waals surface area contributed by atoms with Crippen molar-refractivity contribution in [3.8, 4) is 5.75 Å². The molecule has 0 bridgehead atoms. The Balaban J connectivity index is 3.35. The van der Waals surface area contributed by atoms with Crippen LogP contribution >= 0.6 is 0 Å². The van der Waals surface area contributed by atoms with E-state index in [1.165, 1.54) is 13.2 Å². The van der Waals surface area contributed by atoms with Gasteiger partial charge in [-0.05, 0) is 19.9 Å². The lowest BCUT2D eigenvalue weighted by atomic mass is 10.2. The van der Waals surface area contributed by atoms with Crippen LogP contribution in [0.2, 0.25) is 0 Å². The van der Waals surface area contributed by atoms with Crippen molar-refractivity contribution < 1.29 is 9.15 Å². The number of hydrogen-bond acceptors (Lipinski definition) is 3. The van der Waals surface area contributed by atoms with Crippen molar-refractivity contribution in [3.05, 3.63) is 33.9 Å². The van der Waals surface area contributed by atoms with Gasteiger partial charge in [0.15, 0.2) is 0 Å². The van der Waals surface area contributed by atoms with Gasteiger partial charge in [0.2, 0.25) is 0 Å². The normalized spacial score (nSPS) is 10.7. The molecule has 0 fully saturated rings. The average molecular weight is 180 g/mol. The van der Waals surface area contributed by atoms with Crippen LogP contribution in [0.5, 0.6) is 5.75 Å². The van der Waals surface area contributed by atoms with Crippen molar-refractivity contribution in [2.45, 2.75) is 13.8 Å². The first kappa shape index (κ1) is 9.58. The van der Waals surface area contributed by atoms with Crippen LogP contribution in [0.15, 0.2) is 21.4 Å². The van der Waals surface area contributed by atoms with Gasteiger partial charge in [-0.2, -0.15) is 0 Å². The van der Waals surface area contributed by atoms with Gasteiger partial charge in [-0.3, -0.25) is 0 Å². The molecule has 3 nitrogen and oxygen atoms in total. The zero-order valence-electron chi connectivity index (χ0n) is 7.96. The molecule has 0 saturated heterocycles. The van der Waals surface area contributed by atoms with Gasteiger partial charge < -0.3 is 9.15 Å². The molecule has 0 aliphatic rings. The zero-order chi connectivity index (χ0) is 9.84. The summed E-state index contributed by atoms with van der Waals surface area (Å²) in [5.74, 6) is 1.11. The minimum atomic E-state index is -0.393. The Morgan fingerprint density at radius 3 is 2.77 bits per heavy atom. The van der Waals surface area contributed by atoms with Crippen molar-refractivity contribution in [2.75, 3.05) is 7.11 Å². The molecular weight excluding hydrogens is 168 g/mol. The van der Waals surface area contributed by atoms with Crippen molar-refractivity contribution in [1.29, 1.82) is 0 Å². The average Bonchev–Trinajstić information content (AvgIpc) is 2.11. The van der Waals surface area contributed by atoms with Crippen LogP contribution in [0.4, 0.5) is 0 Å². The number of methoxy groups -OCH3 is 1. The molecule has 0 aliphatic heterocycles. The fourth-order valence-corrected chi connectivity index (χ4v) is 1.07. The summed E-state index contributed by atoms with van der Waals surface area (Å²) in [5.41, 5.74) is 0.441. The van der Waals surface area contributed by atoms with Gasteiger partial charge in [-0.15, -0.1) is 0 Å². The Bertz CT molecular complexity index is 374. The molecule has 0 aliphatic carbocycles. The zero-order valence-corrected chi connectivity index (χ0v) is 7.96. The molecule has 0 atom stereocenters. The van der Waals surface area contributed by atoms with Gasteiger partial charge in [0.05, 0.1) is 13.2 Å². The maximum Gasteiger partial charge on any atom is 0.339 e. The molecule has 0 unspecified atom stereocenters. The summed E-state index contributed by atoms with van der Waals surface area (Å²) in [6, 6.07) is 1.34. The lowest BCUT2D eigenvalue weighted by molar-refractivity contribution is 0.396. The first-order valence-corrected chi connectivity index (χ1v) is 4.00. The van der Waals surface area contributed by atoms with E-state index in [1.807, 2.05) is 19.9 Å². The van der Waals surface area contributed by atoms with Gasteiger partial charge in [0, 0.05) is 5.56 Å². The van der Waals surface area contributed by atoms with E-state index in [4.69, 9.17) is 9.15 Å². The summed E-state index contributed by atoms with van der Waals surface area (Å²) >= 11 is 0. The Labute approximate surface area is 76.6 Å². The molecule has 1 aromatic heterocycles. The van der Waals surface area contributed by atoms with E-state index in [0.29, 0.717) is 11.5 Å². The van der Waals surface area contributed by atoms with Crippen LogP contribution in [0.25, 0.3) is 6.08 Å². The summed E-state index contributed by atoms with van der Waals surface area (Å²) in [5, 5.41) is 0. The molecule has 70 valence electrons. The van der Waals surface area contributed by atoms with Crippen LogP contribution in [-0.2, 0) is 0 Å². The molecule has 0 amide bonds. The summed E-state index contributed by atoms with van der Waals surface area (Å²) in [6.45, 7) is 3.70. The topological polar surface area (TPSA) is 39.4 Å². The predicted octanol–water partition coefficient (Wildman–Crippen LogP) is 1.99. The molecule has 1 aromatic rings. The molecule has 0 saturated carbocycles. The van der Waals surface area contributed by atoms with Crippen LogP contribution in [0.1, 0.15) is 18.2 Å². The number of allylic oxidation sites excluding steroid dienone is 1. The summed E-state index contributed by atoms with van der Waals surface area (Å²) in [4.78, 5) is 11.0. The van der Waals surface area contributed by atoms with E-state index < -0.39 is 5.63 Å². The molecular formula is C10H12O3. The van der Waals surface area contributed by atoms with Crippen molar-refractivity contribution >= 4 is 6.08 Å². The third kappa shape index (κ3) is 1.99. The van der Waals surface area contributed by atoms with E-state index in [2.05, 4.69) is 0 Å². The van der Waals surface area contributed by atoms with Crippen molar-refractivity contribution in [2.24, 2.45) is 0 Å². The SMILES string of the molecule is C/C=C\c1oc(=O)cc(OC)c1C. The summed E-state index contributed by atoms with van der Waals surface area (Å²) in [6.07, 6.45) is 3.55. The lowest BCUT2D eigenvalue weighted by Gasteiger charge is -2.04. The van der Waals surface area contributed by atoms with Gasteiger partial charge in [-0.25, -0.2) is 4.79 Å². The number of ether oxygens (including phenoxy) is 1. The Hall–Kier alpha value is -1.51. The molecule has 0 aromatic carbocycles. The predicted molar refractivity (Wildman–Crippen MR) is 51.0 cm³/mol. The third-order valence-corrected chi connectivity index (χ3v) is 1.74. The minimum Gasteiger partial charge on any atom is -0.496 e.